The van der Waals surface area contributed by atoms with Crippen LogP contribution in [0.2, 0.25) is 0 Å². The Morgan fingerprint density at radius 2 is 1.94 bits per heavy atom. The van der Waals surface area contributed by atoms with E-state index in [4.69, 9.17) is 4.74 Å². The number of pyridine rings is 1. The minimum absolute atomic E-state index is 0.255. The first-order valence-electron chi connectivity index (χ1n) is 11.4. The molecule has 168 valence electrons. The number of ether oxygens (including phenoxy) is 1. The molecule has 0 spiro atoms. The number of nitrogens with one attached hydrogen (secondary N) is 2. The van der Waals surface area contributed by atoms with Crippen molar-refractivity contribution >= 4 is 11.8 Å². The zero-order valence-electron chi connectivity index (χ0n) is 19.4. The van der Waals surface area contributed by atoms with Crippen molar-refractivity contribution in [2.45, 2.75) is 52.2 Å². The third kappa shape index (κ3) is 7.24. The Bertz CT molecular complexity index is 817. The van der Waals surface area contributed by atoms with E-state index in [1.807, 2.05) is 6.20 Å². The van der Waals surface area contributed by atoms with Crippen LogP contribution in [-0.4, -0.2) is 50.3 Å². The lowest BCUT2D eigenvalue weighted by Crippen LogP contribution is -2.41. The van der Waals surface area contributed by atoms with E-state index in [2.05, 4.69) is 82.7 Å². The maximum Gasteiger partial charge on any atom is 0.191 e. The number of rotatable bonds is 8. The minimum Gasteiger partial charge on any atom is -0.375 e. The summed E-state index contributed by atoms with van der Waals surface area (Å²) in [6, 6.07) is 13.2. The molecule has 1 unspecified atom stereocenters. The molecule has 0 radical (unpaired) electrons. The molecule has 1 aromatic heterocycles. The van der Waals surface area contributed by atoms with Gasteiger partial charge in [-0.1, -0.05) is 44.2 Å². The number of morpholine rings is 1. The molecule has 0 aliphatic carbocycles. The van der Waals surface area contributed by atoms with E-state index >= 15 is 0 Å². The van der Waals surface area contributed by atoms with Crippen LogP contribution in [0.5, 0.6) is 0 Å². The molecule has 0 saturated carbocycles. The zero-order chi connectivity index (χ0) is 22.1. The van der Waals surface area contributed by atoms with Crippen molar-refractivity contribution < 1.29 is 4.74 Å². The Labute approximate surface area is 187 Å². The van der Waals surface area contributed by atoms with Crippen LogP contribution in [0.15, 0.2) is 47.6 Å². The van der Waals surface area contributed by atoms with Crippen LogP contribution < -0.4 is 15.5 Å². The number of aryl methyl sites for hydroxylation is 1. The lowest BCUT2D eigenvalue weighted by molar-refractivity contribution is 0.0529. The van der Waals surface area contributed by atoms with Gasteiger partial charge in [0.25, 0.3) is 0 Å². The van der Waals surface area contributed by atoms with Crippen molar-refractivity contribution in [2.75, 3.05) is 38.2 Å². The summed E-state index contributed by atoms with van der Waals surface area (Å²) < 4.78 is 5.61. The second-order valence-electron chi connectivity index (χ2n) is 8.50. The number of anilines is 1. The van der Waals surface area contributed by atoms with Crippen LogP contribution in [0.4, 0.5) is 5.82 Å². The molecular formula is C25H37N5O. The average Bonchev–Trinajstić information content (AvgIpc) is 2.79. The maximum absolute atomic E-state index is 5.61. The molecule has 0 bridgehead atoms. The van der Waals surface area contributed by atoms with E-state index in [1.54, 1.807) is 7.05 Å². The zero-order valence-corrected chi connectivity index (χ0v) is 19.4. The Kier molecular flexibility index (Phi) is 8.71. The van der Waals surface area contributed by atoms with Crippen molar-refractivity contribution in [3.05, 3.63) is 59.3 Å². The van der Waals surface area contributed by atoms with Crippen molar-refractivity contribution in [1.29, 1.82) is 0 Å². The van der Waals surface area contributed by atoms with Crippen LogP contribution in [0, 0.1) is 0 Å². The molecule has 1 aliphatic heterocycles. The summed E-state index contributed by atoms with van der Waals surface area (Å²) in [6.07, 6.45) is 4.33. The Morgan fingerprint density at radius 1 is 1.16 bits per heavy atom. The van der Waals surface area contributed by atoms with Gasteiger partial charge >= 0.3 is 0 Å². The monoisotopic (exact) mass is 423 g/mol. The van der Waals surface area contributed by atoms with Crippen molar-refractivity contribution in [2.24, 2.45) is 4.99 Å². The summed E-state index contributed by atoms with van der Waals surface area (Å²) in [5, 5.41) is 6.78. The van der Waals surface area contributed by atoms with E-state index in [-0.39, 0.29) is 6.10 Å². The maximum atomic E-state index is 5.61. The fourth-order valence-corrected chi connectivity index (χ4v) is 3.71. The number of benzene rings is 1. The van der Waals surface area contributed by atoms with Gasteiger partial charge in [0.2, 0.25) is 0 Å². The van der Waals surface area contributed by atoms with E-state index in [0.717, 1.165) is 56.4 Å². The van der Waals surface area contributed by atoms with Crippen LogP contribution in [0.3, 0.4) is 0 Å². The van der Waals surface area contributed by atoms with Gasteiger partial charge in [-0.25, -0.2) is 4.98 Å². The molecule has 3 rings (SSSR count). The van der Waals surface area contributed by atoms with Gasteiger partial charge < -0.3 is 20.3 Å². The SMILES string of the molecule is CN=C(NCCCc1ccc(C(C)C)cc1)NCc1ccc(N2CCOC(C)C2)nc1. The molecule has 1 aromatic carbocycles. The van der Waals surface area contributed by atoms with Gasteiger partial charge in [-0.3, -0.25) is 4.99 Å². The molecule has 0 amide bonds. The average molecular weight is 424 g/mol. The Balaban J connectivity index is 1.38. The smallest absolute Gasteiger partial charge is 0.191 e. The highest BCUT2D eigenvalue weighted by Gasteiger charge is 2.17. The number of guanidine groups is 1. The summed E-state index contributed by atoms with van der Waals surface area (Å²) in [7, 11) is 1.81. The Hall–Kier alpha value is -2.60. The van der Waals surface area contributed by atoms with Crippen LogP contribution in [-0.2, 0) is 17.7 Å². The molecule has 2 aromatic rings. The van der Waals surface area contributed by atoms with Gasteiger partial charge in [-0.2, -0.15) is 0 Å². The number of hydrogen-bond acceptors (Lipinski definition) is 4. The van der Waals surface area contributed by atoms with E-state index in [0.29, 0.717) is 12.5 Å². The first kappa shape index (κ1) is 23.1. The molecule has 1 fully saturated rings. The van der Waals surface area contributed by atoms with E-state index in [1.165, 1.54) is 11.1 Å². The third-order valence-electron chi connectivity index (χ3n) is 5.64. The van der Waals surface area contributed by atoms with Crippen LogP contribution in [0.25, 0.3) is 0 Å². The van der Waals surface area contributed by atoms with Gasteiger partial charge in [0, 0.05) is 39.4 Å². The van der Waals surface area contributed by atoms with E-state index < -0.39 is 0 Å². The summed E-state index contributed by atoms with van der Waals surface area (Å²) >= 11 is 0. The van der Waals surface area contributed by atoms with Crippen molar-refractivity contribution in [1.82, 2.24) is 15.6 Å². The molecule has 2 N–H and O–H groups in total. The first-order valence-corrected chi connectivity index (χ1v) is 11.4. The summed E-state index contributed by atoms with van der Waals surface area (Å²) in [5.74, 6) is 2.42. The fraction of sp³-hybridized carbons (Fsp3) is 0.520. The molecule has 6 heteroatoms. The molecule has 1 saturated heterocycles. The molecule has 6 nitrogen and oxygen atoms in total. The summed E-state index contributed by atoms with van der Waals surface area (Å²) in [6.45, 7) is 10.7. The molecular weight excluding hydrogens is 386 g/mol. The molecule has 31 heavy (non-hydrogen) atoms. The lowest BCUT2D eigenvalue weighted by atomic mass is 10.0. The third-order valence-corrected chi connectivity index (χ3v) is 5.64. The normalized spacial score (nSPS) is 17.1. The summed E-state index contributed by atoms with van der Waals surface area (Å²) in [4.78, 5) is 11.2. The fourth-order valence-electron chi connectivity index (χ4n) is 3.71. The van der Waals surface area contributed by atoms with Crippen molar-refractivity contribution in [3.63, 3.8) is 0 Å². The quantitative estimate of drug-likeness (QED) is 0.385. The minimum atomic E-state index is 0.255. The predicted molar refractivity (Wildman–Crippen MR) is 129 cm³/mol. The standard InChI is InChI=1S/C25H37N5O/c1-19(2)23-10-7-21(8-11-23)6-5-13-27-25(26-4)29-17-22-9-12-24(28-16-22)30-14-15-31-20(3)18-30/h7-12,16,19-20H,5-6,13-15,17-18H2,1-4H3,(H2,26,27,29). The Morgan fingerprint density at radius 3 is 2.58 bits per heavy atom. The second-order valence-corrected chi connectivity index (χ2v) is 8.50. The van der Waals surface area contributed by atoms with Gasteiger partial charge in [0.15, 0.2) is 5.96 Å². The van der Waals surface area contributed by atoms with Crippen LogP contribution in [0.1, 0.15) is 49.8 Å². The van der Waals surface area contributed by atoms with Gasteiger partial charge in [-0.15, -0.1) is 0 Å². The highest BCUT2D eigenvalue weighted by atomic mass is 16.5. The van der Waals surface area contributed by atoms with Gasteiger partial charge in [-0.05, 0) is 48.4 Å². The number of aromatic nitrogens is 1. The molecule has 1 aliphatic rings. The number of nitrogens with zero attached hydrogens (tertiary/aromatic N) is 3. The van der Waals surface area contributed by atoms with Crippen LogP contribution >= 0.6 is 0 Å². The van der Waals surface area contributed by atoms with Gasteiger partial charge in [0.1, 0.15) is 5.82 Å². The molecule has 2 heterocycles. The topological polar surface area (TPSA) is 61.8 Å². The first-order chi connectivity index (χ1) is 15.0. The van der Waals surface area contributed by atoms with Crippen molar-refractivity contribution in [3.8, 4) is 0 Å². The van der Waals surface area contributed by atoms with Gasteiger partial charge in [0.05, 0.1) is 12.7 Å². The predicted octanol–water partition coefficient (Wildman–Crippen LogP) is 3.73. The largest absolute Gasteiger partial charge is 0.375 e. The summed E-state index contributed by atoms with van der Waals surface area (Å²) in [5.41, 5.74) is 3.92. The highest BCUT2D eigenvalue weighted by molar-refractivity contribution is 5.79. The lowest BCUT2D eigenvalue weighted by Gasteiger charge is -2.32. The molecule has 1 atom stereocenters. The van der Waals surface area contributed by atoms with E-state index in [9.17, 15) is 0 Å². The number of aliphatic imine (C=N–C) groups is 1. The second kappa shape index (κ2) is 11.7. The highest BCUT2D eigenvalue weighted by Crippen LogP contribution is 2.16. The number of hydrogen-bond donors (Lipinski definition) is 2.